The molecule has 0 heterocycles. The third-order valence-electron chi connectivity index (χ3n) is 2.66. The van der Waals surface area contributed by atoms with Crippen molar-refractivity contribution in [1.82, 2.24) is 4.90 Å². The van der Waals surface area contributed by atoms with Crippen molar-refractivity contribution in [2.75, 3.05) is 14.1 Å². The zero-order chi connectivity index (χ0) is 13.7. The molecule has 1 rings (SSSR count). The molecular weight excluding hydrogens is 254 g/mol. The third kappa shape index (κ3) is 4.37. The van der Waals surface area contributed by atoms with Crippen LogP contribution in [-0.2, 0) is 16.0 Å². The van der Waals surface area contributed by atoms with E-state index in [1.807, 2.05) is 0 Å². The highest BCUT2D eigenvalue weighted by Gasteiger charge is 2.22. The van der Waals surface area contributed by atoms with Gasteiger partial charge in [-0.15, -0.1) is 0 Å². The maximum atomic E-state index is 11.5. The molecule has 1 N–H and O–H groups in total. The fourth-order valence-corrected chi connectivity index (χ4v) is 1.67. The van der Waals surface area contributed by atoms with Gasteiger partial charge in [-0.05, 0) is 24.1 Å². The van der Waals surface area contributed by atoms with Crippen molar-refractivity contribution in [2.45, 2.75) is 12.8 Å². The lowest BCUT2D eigenvalue weighted by atomic mass is 9.96. The lowest BCUT2D eigenvalue weighted by molar-refractivity contribution is -0.145. The molecule has 0 bridgehead atoms. The standard InChI is InChI=1S/C13H16ClNO3/c1-15(2)12(16)8-10(13(17)18)7-9-3-5-11(14)6-4-9/h3-6,10H,7-8H2,1-2H3,(H,17,18). The normalized spacial score (nSPS) is 11.9. The second kappa shape index (κ2) is 6.40. The molecule has 0 saturated heterocycles. The van der Waals surface area contributed by atoms with Crippen LogP contribution in [0.2, 0.25) is 5.02 Å². The topological polar surface area (TPSA) is 57.6 Å². The fraction of sp³-hybridized carbons (Fsp3) is 0.385. The van der Waals surface area contributed by atoms with E-state index in [9.17, 15) is 9.59 Å². The van der Waals surface area contributed by atoms with E-state index in [-0.39, 0.29) is 12.3 Å². The Balaban J connectivity index is 2.72. The van der Waals surface area contributed by atoms with Crippen molar-refractivity contribution in [3.8, 4) is 0 Å². The quantitative estimate of drug-likeness (QED) is 0.890. The number of hydrogen-bond acceptors (Lipinski definition) is 2. The molecule has 0 radical (unpaired) electrons. The molecular formula is C13H16ClNO3. The summed E-state index contributed by atoms with van der Waals surface area (Å²) >= 11 is 5.76. The summed E-state index contributed by atoms with van der Waals surface area (Å²) in [5.74, 6) is -1.85. The molecule has 1 aromatic rings. The second-order valence-corrected chi connectivity index (χ2v) is 4.79. The number of carboxylic acids is 1. The molecule has 5 heteroatoms. The van der Waals surface area contributed by atoms with Gasteiger partial charge in [0.25, 0.3) is 0 Å². The SMILES string of the molecule is CN(C)C(=O)CC(Cc1ccc(Cl)cc1)C(=O)O. The van der Waals surface area contributed by atoms with E-state index < -0.39 is 11.9 Å². The number of hydrogen-bond donors (Lipinski definition) is 1. The Bertz CT molecular complexity index is 428. The lowest BCUT2D eigenvalue weighted by Gasteiger charge is -2.15. The Labute approximate surface area is 111 Å². The number of aliphatic carboxylic acids is 1. The molecule has 1 amide bonds. The summed E-state index contributed by atoms with van der Waals surface area (Å²) in [6.07, 6.45) is 0.330. The fourth-order valence-electron chi connectivity index (χ4n) is 1.55. The molecule has 0 aromatic heterocycles. The summed E-state index contributed by atoms with van der Waals surface area (Å²) in [4.78, 5) is 24.1. The van der Waals surface area contributed by atoms with Crippen LogP contribution >= 0.6 is 11.6 Å². The smallest absolute Gasteiger partial charge is 0.307 e. The molecule has 1 unspecified atom stereocenters. The Kier molecular flexibility index (Phi) is 5.16. The predicted octanol–water partition coefficient (Wildman–Crippen LogP) is 2.06. The molecule has 1 aromatic carbocycles. The van der Waals surface area contributed by atoms with Crippen LogP contribution in [0.4, 0.5) is 0 Å². The first-order valence-corrected chi connectivity index (χ1v) is 5.95. The van der Waals surface area contributed by atoms with Gasteiger partial charge in [-0.2, -0.15) is 0 Å². The third-order valence-corrected chi connectivity index (χ3v) is 2.92. The van der Waals surface area contributed by atoms with E-state index in [4.69, 9.17) is 16.7 Å². The zero-order valence-corrected chi connectivity index (χ0v) is 11.1. The molecule has 4 nitrogen and oxygen atoms in total. The number of carbonyl (C=O) groups is 2. The van der Waals surface area contributed by atoms with E-state index in [1.165, 1.54) is 4.90 Å². The van der Waals surface area contributed by atoms with E-state index in [0.29, 0.717) is 11.4 Å². The summed E-state index contributed by atoms with van der Waals surface area (Å²) in [6.45, 7) is 0. The first-order chi connectivity index (χ1) is 8.40. The van der Waals surface area contributed by atoms with Gasteiger partial charge in [0.1, 0.15) is 0 Å². The summed E-state index contributed by atoms with van der Waals surface area (Å²) in [5, 5.41) is 9.73. The van der Waals surface area contributed by atoms with E-state index >= 15 is 0 Å². The van der Waals surface area contributed by atoms with Gasteiger partial charge < -0.3 is 10.0 Å². The number of benzene rings is 1. The highest BCUT2D eigenvalue weighted by Crippen LogP contribution is 2.16. The zero-order valence-electron chi connectivity index (χ0n) is 10.4. The highest BCUT2D eigenvalue weighted by molar-refractivity contribution is 6.30. The summed E-state index contributed by atoms with van der Waals surface area (Å²) in [6, 6.07) is 6.98. The molecule has 0 saturated carbocycles. The van der Waals surface area contributed by atoms with Crippen LogP contribution in [0.1, 0.15) is 12.0 Å². The number of carbonyl (C=O) groups excluding carboxylic acids is 1. The minimum atomic E-state index is -0.958. The number of halogens is 1. The molecule has 0 aliphatic carbocycles. The Morgan fingerprint density at radius 2 is 1.83 bits per heavy atom. The number of rotatable bonds is 5. The van der Waals surface area contributed by atoms with Crippen LogP contribution < -0.4 is 0 Å². The van der Waals surface area contributed by atoms with Gasteiger partial charge in [0.05, 0.1) is 5.92 Å². The first-order valence-electron chi connectivity index (χ1n) is 5.57. The molecule has 0 spiro atoms. The Hall–Kier alpha value is -1.55. The van der Waals surface area contributed by atoms with Crippen molar-refractivity contribution in [2.24, 2.45) is 5.92 Å². The van der Waals surface area contributed by atoms with E-state index in [2.05, 4.69) is 0 Å². The van der Waals surface area contributed by atoms with Gasteiger partial charge >= 0.3 is 5.97 Å². The van der Waals surface area contributed by atoms with Gasteiger partial charge in [-0.1, -0.05) is 23.7 Å². The van der Waals surface area contributed by atoms with Crippen LogP contribution in [-0.4, -0.2) is 36.0 Å². The molecule has 0 aliphatic rings. The van der Waals surface area contributed by atoms with Crippen molar-refractivity contribution >= 4 is 23.5 Å². The second-order valence-electron chi connectivity index (χ2n) is 4.36. The monoisotopic (exact) mass is 269 g/mol. The minimum absolute atomic E-state index is 0.00492. The first kappa shape index (κ1) is 14.5. The van der Waals surface area contributed by atoms with Gasteiger partial charge in [0.15, 0.2) is 0 Å². The summed E-state index contributed by atoms with van der Waals surface area (Å²) < 4.78 is 0. The molecule has 98 valence electrons. The Morgan fingerprint density at radius 1 is 1.28 bits per heavy atom. The Morgan fingerprint density at radius 3 is 2.28 bits per heavy atom. The maximum Gasteiger partial charge on any atom is 0.307 e. The average molecular weight is 270 g/mol. The number of amides is 1. The number of nitrogens with zero attached hydrogens (tertiary/aromatic N) is 1. The molecule has 0 fully saturated rings. The van der Waals surface area contributed by atoms with Crippen LogP contribution in [0.5, 0.6) is 0 Å². The molecule has 0 aliphatic heterocycles. The van der Waals surface area contributed by atoms with Gasteiger partial charge in [0.2, 0.25) is 5.91 Å². The van der Waals surface area contributed by atoms with Crippen molar-refractivity contribution in [1.29, 1.82) is 0 Å². The summed E-state index contributed by atoms with van der Waals surface area (Å²) in [5.41, 5.74) is 0.860. The van der Waals surface area contributed by atoms with Gasteiger partial charge in [-0.3, -0.25) is 9.59 Å². The minimum Gasteiger partial charge on any atom is -0.481 e. The largest absolute Gasteiger partial charge is 0.481 e. The predicted molar refractivity (Wildman–Crippen MR) is 69.6 cm³/mol. The van der Waals surface area contributed by atoms with Crippen LogP contribution in [0.15, 0.2) is 24.3 Å². The van der Waals surface area contributed by atoms with Crippen LogP contribution in [0.3, 0.4) is 0 Å². The van der Waals surface area contributed by atoms with Crippen molar-refractivity contribution in [3.63, 3.8) is 0 Å². The van der Waals surface area contributed by atoms with Gasteiger partial charge in [0, 0.05) is 25.5 Å². The highest BCUT2D eigenvalue weighted by atomic mass is 35.5. The van der Waals surface area contributed by atoms with Gasteiger partial charge in [-0.25, -0.2) is 0 Å². The molecule has 18 heavy (non-hydrogen) atoms. The van der Waals surface area contributed by atoms with Crippen molar-refractivity contribution < 1.29 is 14.7 Å². The van der Waals surface area contributed by atoms with Crippen LogP contribution in [0.25, 0.3) is 0 Å². The average Bonchev–Trinajstić information content (AvgIpc) is 2.30. The van der Waals surface area contributed by atoms with E-state index in [0.717, 1.165) is 5.56 Å². The lowest BCUT2D eigenvalue weighted by Crippen LogP contribution is -2.28. The molecule has 1 atom stereocenters. The van der Waals surface area contributed by atoms with Crippen LogP contribution in [0, 0.1) is 5.92 Å². The van der Waals surface area contributed by atoms with E-state index in [1.54, 1.807) is 38.4 Å². The number of carboxylic acid groups (broad SMARTS) is 1. The maximum absolute atomic E-state index is 11.5. The van der Waals surface area contributed by atoms with Crippen molar-refractivity contribution in [3.05, 3.63) is 34.9 Å². The summed E-state index contributed by atoms with van der Waals surface area (Å²) in [7, 11) is 3.23.